The summed E-state index contributed by atoms with van der Waals surface area (Å²) in [5.41, 5.74) is 0. The van der Waals surface area contributed by atoms with E-state index in [0.717, 1.165) is 38.5 Å². The van der Waals surface area contributed by atoms with Gasteiger partial charge in [0.15, 0.2) is 6.29 Å². The lowest BCUT2D eigenvalue weighted by atomic mass is 9.98. The molecule has 0 aliphatic carbocycles. The summed E-state index contributed by atoms with van der Waals surface area (Å²) in [6.07, 6.45) is 19.6. The SMILES string of the molecule is CCCC/C=C/CC/C=C/CCCC(O)C(O)C(COC1OC(CO)C(O)C(O)C1O)NC(=O)C(O)CCCCCCCCCCCCCCC. The number of aliphatic hydroxyl groups excluding tert-OH is 7. The highest BCUT2D eigenvalue weighted by atomic mass is 16.7. The van der Waals surface area contributed by atoms with Crippen molar-refractivity contribution in [2.75, 3.05) is 13.2 Å². The van der Waals surface area contributed by atoms with Crippen LogP contribution in [-0.4, -0.2) is 110 Å². The van der Waals surface area contributed by atoms with Crippen LogP contribution in [0.25, 0.3) is 0 Å². The Morgan fingerprint density at radius 2 is 1.18 bits per heavy atom. The Bertz CT molecular complexity index is 887. The zero-order chi connectivity index (χ0) is 37.7. The molecule has 1 aliphatic heterocycles. The van der Waals surface area contributed by atoms with Crippen LogP contribution in [0.15, 0.2) is 24.3 Å². The Labute approximate surface area is 308 Å². The first-order chi connectivity index (χ1) is 24.7. The molecule has 0 bridgehead atoms. The molecule has 0 radical (unpaired) electrons. The summed E-state index contributed by atoms with van der Waals surface area (Å²) in [6.45, 7) is 3.33. The molecule has 1 amide bonds. The van der Waals surface area contributed by atoms with E-state index in [-0.39, 0.29) is 12.8 Å². The second kappa shape index (κ2) is 31.0. The molecule has 11 nitrogen and oxygen atoms in total. The molecule has 0 aromatic carbocycles. The lowest BCUT2D eigenvalue weighted by Crippen LogP contribution is -2.60. The molecule has 1 fully saturated rings. The van der Waals surface area contributed by atoms with Gasteiger partial charge in [0, 0.05) is 0 Å². The Hall–Kier alpha value is -1.41. The van der Waals surface area contributed by atoms with E-state index in [1.807, 2.05) is 6.08 Å². The van der Waals surface area contributed by atoms with E-state index in [1.165, 1.54) is 70.6 Å². The zero-order valence-corrected chi connectivity index (χ0v) is 31.8. The van der Waals surface area contributed by atoms with E-state index < -0.39 is 74.2 Å². The molecule has 9 atom stereocenters. The molecular weight excluding hydrogens is 654 g/mol. The number of carbonyl (C=O) groups excluding carboxylic acids is 1. The van der Waals surface area contributed by atoms with Gasteiger partial charge in [-0.3, -0.25) is 4.79 Å². The summed E-state index contributed by atoms with van der Waals surface area (Å²) < 4.78 is 11.0. The molecule has 8 N–H and O–H groups in total. The highest BCUT2D eigenvalue weighted by Crippen LogP contribution is 2.23. The summed E-state index contributed by atoms with van der Waals surface area (Å²) >= 11 is 0. The average Bonchev–Trinajstić information content (AvgIpc) is 3.13. The molecule has 0 spiro atoms. The molecule has 1 saturated heterocycles. The molecule has 1 heterocycles. The normalized spacial score (nSPS) is 23.5. The van der Waals surface area contributed by atoms with E-state index in [9.17, 15) is 40.5 Å². The summed E-state index contributed by atoms with van der Waals surface area (Å²) in [6, 6.07) is -1.18. The fourth-order valence-corrected chi connectivity index (χ4v) is 6.26. The number of unbranched alkanes of at least 4 members (excludes halogenated alkanes) is 16. The van der Waals surface area contributed by atoms with Crippen LogP contribution in [0.3, 0.4) is 0 Å². The van der Waals surface area contributed by atoms with Crippen molar-refractivity contribution in [3.05, 3.63) is 24.3 Å². The van der Waals surface area contributed by atoms with Crippen molar-refractivity contribution in [3.8, 4) is 0 Å². The van der Waals surface area contributed by atoms with E-state index in [0.29, 0.717) is 19.3 Å². The van der Waals surface area contributed by atoms with Gasteiger partial charge in [-0.1, -0.05) is 134 Å². The van der Waals surface area contributed by atoms with E-state index in [2.05, 4.69) is 37.4 Å². The quantitative estimate of drug-likeness (QED) is 0.0342. The summed E-state index contributed by atoms with van der Waals surface area (Å²) in [5, 5.41) is 75.2. The second-order valence-corrected chi connectivity index (χ2v) is 14.3. The topological polar surface area (TPSA) is 189 Å². The highest BCUT2D eigenvalue weighted by Gasteiger charge is 2.44. The third-order valence-electron chi connectivity index (χ3n) is 9.73. The van der Waals surface area contributed by atoms with Crippen molar-refractivity contribution in [2.45, 2.75) is 210 Å². The Kier molecular flexibility index (Phi) is 28.9. The maximum atomic E-state index is 13.0. The molecule has 1 aliphatic rings. The molecule has 300 valence electrons. The summed E-state index contributed by atoms with van der Waals surface area (Å²) in [5.74, 6) is -0.714. The number of aliphatic hydroxyl groups is 7. The molecule has 0 saturated carbocycles. The Morgan fingerprint density at radius 3 is 1.73 bits per heavy atom. The number of nitrogens with one attached hydrogen (secondary N) is 1. The zero-order valence-electron chi connectivity index (χ0n) is 31.8. The maximum absolute atomic E-state index is 13.0. The largest absolute Gasteiger partial charge is 0.394 e. The van der Waals surface area contributed by atoms with E-state index >= 15 is 0 Å². The number of rotatable bonds is 32. The van der Waals surface area contributed by atoms with Gasteiger partial charge in [-0.2, -0.15) is 0 Å². The van der Waals surface area contributed by atoms with Crippen LogP contribution in [0.2, 0.25) is 0 Å². The third kappa shape index (κ3) is 21.8. The molecular formula is C40H75NO10. The summed E-state index contributed by atoms with van der Waals surface area (Å²) in [7, 11) is 0. The lowest BCUT2D eigenvalue weighted by molar-refractivity contribution is -0.303. The average molecular weight is 730 g/mol. The van der Waals surface area contributed by atoms with Gasteiger partial charge in [-0.25, -0.2) is 0 Å². The number of hydrogen-bond acceptors (Lipinski definition) is 10. The van der Waals surface area contributed by atoms with Crippen LogP contribution in [-0.2, 0) is 14.3 Å². The maximum Gasteiger partial charge on any atom is 0.249 e. The number of allylic oxidation sites excluding steroid dienone is 4. The van der Waals surface area contributed by atoms with Gasteiger partial charge in [0.05, 0.1) is 25.4 Å². The minimum absolute atomic E-state index is 0.246. The number of carbonyl (C=O) groups is 1. The third-order valence-corrected chi connectivity index (χ3v) is 9.73. The van der Waals surface area contributed by atoms with Crippen LogP contribution in [0.1, 0.15) is 155 Å². The van der Waals surface area contributed by atoms with Crippen molar-refractivity contribution < 1.29 is 50.0 Å². The highest BCUT2D eigenvalue weighted by molar-refractivity contribution is 5.80. The van der Waals surface area contributed by atoms with Crippen molar-refractivity contribution in [3.63, 3.8) is 0 Å². The first-order valence-corrected chi connectivity index (χ1v) is 20.2. The fraction of sp³-hybridized carbons (Fsp3) is 0.875. The number of amides is 1. The lowest BCUT2D eigenvalue weighted by Gasteiger charge is -2.40. The van der Waals surface area contributed by atoms with E-state index in [1.54, 1.807) is 0 Å². The van der Waals surface area contributed by atoms with Crippen molar-refractivity contribution >= 4 is 5.91 Å². The van der Waals surface area contributed by atoms with Gasteiger partial charge in [0.1, 0.15) is 36.6 Å². The van der Waals surface area contributed by atoms with Crippen molar-refractivity contribution in [1.82, 2.24) is 5.32 Å². The number of hydrogen-bond donors (Lipinski definition) is 8. The minimum Gasteiger partial charge on any atom is -0.394 e. The van der Waals surface area contributed by atoms with Crippen LogP contribution >= 0.6 is 0 Å². The van der Waals surface area contributed by atoms with Gasteiger partial charge in [-0.15, -0.1) is 0 Å². The van der Waals surface area contributed by atoms with Crippen molar-refractivity contribution in [1.29, 1.82) is 0 Å². The van der Waals surface area contributed by atoms with Crippen LogP contribution in [0, 0.1) is 0 Å². The number of ether oxygens (including phenoxy) is 2. The molecule has 11 heteroatoms. The predicted molar refractivity (Wildman–Crippen MR) is 201 cm³/mol. The molecule has 51 heavy (non-hydrogen) atoms. The molecule has 1 rings (SSSR count). The monoisotopic (exact) mass is 730 g/mol. The predicted octanol–water partition coefficient (Wildman–Crippen LogP) is 5.10. The summed E-state index contributed by atoms with van der Waals surface area (Å²) in [4.78, 5) is 13.0. The van der Waals surface area contributed by atoms with Crippen molar-refractivity contribution in [2.24, 2.45) is 0 Å². The smallest absolute Gasteiger partial charge is 0.249 e. The van der Waals surface area contributed by atoms with Crippen LogP contribution in [0.4, 0.5) is 0 Å². The first kappa shape index (κ1) is 47.6. The van der Waals surface area contributed by atoms with Gasteiger partial charge < -0.3 is 50.5 Å². The van der Waals surface area contributed by atoms with Crippen LogP contribution < -0.4 is 5.32 Å². The molecule has 0 aromatic rings. The van der Waals surface area contributed by atoms with Gasteiger partial charge in [0.25, 0.3) is 0 Å². The standard InChI is InChI=1S/C40H75NO10/c1-3-5-7-9-11-13-15-16-18-20-22-24-26-28-33(44)39(49)41-31(30-50-40-38(48)37(47)36(46)34(29-42)51-40)35(45)32(43)27-25-23-21-19-17-14-12-10-8-6-4-2/h10,12,19,21,31-38,40,42-48H,3-9,11,13-18,20,22-30H2,1-2H3,(H,41,49)/b12-10+,21-19+. The Morgan fingerprint density at radius 1 is 0.667 bits per heavy atom. The van der Waals surface area contributed by atoms with Gasteiger partial charge >= 0.3 is 0 Å². The van der Waals surface area contributed by atoms with Crippen LogP contribution in [0.5, 0.6) is 0 Å². The van der Waals surface area contributed by atoms with Gasteiger partial charge in [-0.05, 0) is 44.9 Å². The molecule has 9 unspecified atom stereocenters. The first-order valence-electron chi connectivity index (χ1n) is 20.2. The fourth-order valence-electron chi connectivity index (χ4n) is 6.26. The molecule has 0 aromatic heterocycles. The van der Waals surface area contributed by atoms with E-state index in [4.69, 9.17) is 9.47 Å². The second-order valence-electron chi connectivity index (χ2n) is 14.3. The van der Waals surface area contributed by atoms with Gasteiger partial charge in [0.2, 0.25) is 5.91 Å². The minimum atomic E-state index is -1.67. The Balaban J connectivity index is 2.57.